The average Bonchev–Trinajstić information content (AvgIpc) is 2.43. The fraction of sp³-hybridized carbons (Fsp3) is 0.467. The monoisotopic (exact) mass is 273 g/mol. The van der Waals surface area contributed by atoms with E-state index in [1.807, 2.05) is 13.8 Å². The lowest BCUT2D eigenvalue weighted by Gasteiger charge is -2.38. The molecule has 0 atom stereocenters. The smallest absolute Gasteiger partial charge is 0.255 e. The number of hydrogen-bond donors (Lipinski definition) is 1. The number of pyridine rings is 1. The number of carbonyl (C=O) groups excluding carboxylic acids is 1. The van der Waals surface area contributed by atoms with E-state index in [0.717, 1.165) is 0 Å². The van der Waals surface area contributed by atoms with E-state index in [1.165, 1.54) is 0 Å². The fourth-order valence-corrected chi connectivity index (χ4v) is 2.19. The van der Waals surface area contributed by atoms with Crippen molar-refractivity contribution in [2.45, 2.75) is 19.4 Å². The Labute approximate surface area is 119 Å². The number of amides is 1. The lowest BCUT2D eigenvalue weighted by molar-refractivity contribution is -0.0764. The van der Waals surface area contributed by atoms with Gasteiger partial charge in [0, 0.05) is 25.5 Å². The molecule has 0 radical (unpaired) electrons. The third-order valence-corrected chi connectivity index (χ3v) is 3.09. The maximum atomic E-state index is 12.6. The first kappa shape index (κ1) is 14.5. The van der Waals surface area contributed by atoms with Crippen molar-refractivity contribution in [3.05, 3.63) is 29.6 Å². The van der Waals surface area contributed by atoms with Crippen LogP contribution in [0.15, 0.2) is 18.5 Å². The second-order valence-electron chi connectivity index (χ2n) is 5.26. The lowest BCUT2D eigenvalue weighted by atomic mass is 10.0. The Hall–Kier alpha value is -1.90. The summed E-state index contributed by atoms with van der Waals surface area (Å²) in [5, 5.41) is 0. The summed E-state index contributed by atoms with van der Waals surface area (Å²) in [6.45, 7) is 5.93. The van der Waals surface area contributed by atoms with Crippen LogP contribution in [0.5, 0.6) is 0 Å². The predicted molar refractivity (Wildman–Crippen MR) is 76.1 cm³/mol. The highest BCUT2D eigenvalue weighted by Gasteiger charge is 2.31. The minimum Gasteiger partial charge on any atom is -0.372 e. The molecule has 0 bridgehead atoms. The van der Waals surface area contributed by atoms with Gasteiger partial charge < -0.3 is 15.4 Å². The molecule has 5 heteroatoms. The van der Waals surface area contributed by atoms with Gasteiger partial charge in [-0.1, -0.05) is 11.8 Å². The van der Waals surface area contributed by atoms with Crippen LogP contribution in [0, 0.1) is 11.8 Å². The highest BCUT2D eigenvalue weighted by Crippen LogP contribution is 2.19. The fourth-order valence-electron chi connectivity index (χ4n) is 2.19. The summed E-state index contributed by atoms with van der Waals surface area (Å²) >= 11 is 0. The number of aromatic nitrogens is 1. The average molecular weight is 273 g/mol. The third-order valence-electron chi connectivity index (χ3n) is 3.09. The van der Waals surface area contributed by atoms with E-state index in [-0.39, 0.29) is 18.1 Å². The quantitative estimate of drug-likeness (QED) is 0.763. The van der Waals surface area contributed by atoms with Gasteiger partial charge in [-0.2, -0.15) is 0 Å². The van der Waals surface area contributed by atoms with Crippen molar-refractivity contribution in [2.75, 3.05) is 26.2 Å². The minimum atomic E-state index is -0.315. The Morgan fingerprint density at radius 3 is 3.10 bits per heavy atom. The molecule has 2 heterocycles. The van der Waals surface area contributed by atoms with Crippen molar-refractivity contribution in [1.29, 1.82) is 0 Å². The molecule has 1 aromatic heterocycles. The summed E-state index contributed by atoms with van der Waals surface area (Å²) in [6, 6.07) is 1.70. The molecule has 1 saturated heterocycles. The van der Waals surface area contributed by atoms with Gasteiger partial charge in [0.05, 0.1) is 29.9 Å². The Bertz CT molecular complexity index is 558. The van der Waals surface area contributed by atoms with E-state index in [1.54, 1.807) is 23.4 Å². The van der Waals surface area contributed by atoms with Crippen LogP contribution >= 0.6 is 0 Å². The molecular weight excluding hydrogens is 254 g/mol. The zero-order chi connectivity index (χ0) is 14.6. The summed E-state index contributed by atoms with van der Waals surface area (Å²) in [5.41, 5.74) is 6.25. The van der Waals surface area contributed by atoms with Crippen LogP contribution in [-0.4, -0.2) is 47.6 Å². The molecule has 2 rings (SSSR count). The van der Waals surface area contributed by atoms with Crippen LogP contribution in [0.25, 0.3) is 0 Å². The van der Waals surface area contributed by atoms with Gasteiger partial charge >= 0.3 is 0 Å². The largest absolute Gasteiger partial charge is 0.372 e. The van der Waals surface area contributed by atoms with Gasteiger partial charge in [-0.25, -0.2) is 0 Å². The molecule has 1 aliphatic rings. The van der Waals surface area contributed by atoms with E-state index in [9.17, 15) is 4.79 Å². The lowest BCUT2D eigenvalue weighted by Crippen LogP contribution is -2.50. The van der Waals surface area contributed by atoms with Gasteiger partial charge in [0.15, 0.2) is 0 Å². The molecule has 2 N–H and O–H groups in total. The Kier molecular flexibility index (Phi) is 4.38. The molecule has 1 aliphatic heterocycles. The molecule has 20 heavy (non-hydrogen) atoms. The molecule has 106 valence electrons. The molecule has 5 nitrogen and oxygen atoms in total. The second kappa shape index (κ2) is 6.04. The van der Waals surface area contributed by atoms with Crippen LogP contribution in [0.4, 0.5) is 0 Å². The first-order valence-electron chi connectivity index (χ1n) is 6.60. The van der Waals surface area contributed by atoms with Crippen molar-refractivity contribution in [2.24, 2.45) is 5.73 Å². The first-order valence-corrected chi connectivity index (χ1v) is 6.60. The molecule has 1 amide bonds. The molecule has 0 spiro atoms. The van der Waals surface area contributed by atoms with Gasteiger partial charge in [-0.05, 0) is 19.9 Å². The van der Waals surface area contributed by atoms with Crippen molar-refractivity contribution in [3.63, 3.8) is 0 Å². The summed E-state index contributed by atoms with van der Waals surface area (Å²) in [5.74, 6) is 5.62. The number of nitrogens with two attached hydrogens (primary N) is 1. The maximum Gasteiger partial charge on any atom is 0.255 e. The van der Waals surface area contributed by atoms with Gasteiger partial charge in [0.2, 0.25) is 0 Å². The molecule has 0 unspecified atom stereocenters. The van der Waals surface area contributed by atoms with Gasteiger partial charge in [-0.15, -0.1) is 0 Å². The van der Waals surface area contributed by atoms with Crippen LogP contribution in [-0.2, 0) is 4.74 Å². The highest BCUT2D eigenvalue weighted by atomic mass is 16.5. The standard InChI is InChI=1S/C15H19N3O2/c1-15(2)11-18(8-9-20-15)14(19)13-5-7-17-10-12(13)4-3-6-16/h5,7,10H,6,8-9,11,16H2,1-2H3. The van der Waals surface area contributed by atoms with Crippen LogP contribution in [0.2, 0.25) is 0 Å². The summed E-state index contributed by atoms with van der Waals surface area (Å²) in [6.07, 6.45) is 3.20. The number of hydrogen-bond acceptors (Lipinski definition) is 4. The number of rotatable bonds is 1. The van der Waals surface area contributed by atoms with E-state index < -0.39 is 0 Å². The Morgan fingerprint density at radius 1 is 1.60 bits per heavy atom. The van der Waals surface area contributed by atoms with Gasteiger partial charge in [0.1, 0.15) is 0 Å². The molecule has 1 fully saturated rings. The molecule has 0 aliphatic carbocycles. The van der Waals surface area contributed by atoms with Crippen LogP contribution < -0.4 is 5.73 Å². The molecule has 1 aromatic rings. The van der Waals surface area contributed by atoms with E-state index >= 15 is 0 Å². The topological polar surface area (TPSA) is 68.5 Å². The van der Waals surface area contributed by atoms with Crippen LogP contribution in [0.3, 0.4) is 0 Å². The number of ether oxygens (including phenoxy) is 1. The third kappa shape index (κ3) is 3.35. The normalized spacial score (nSPS) is 17.2. The van der Waals surface area contributed by atoms with Crippen molar-refractivity contribution in [1.82, 2.24) is 9.88 Å². The first-order chi connectivity index (χ1) is 9.53. The number of carbonyl (C=O) groups is 1. The van der Waals surface area contributed by atoms with E-state index in [4.69, 9.17) is 10.5 Å². The number of nitrogens with zero attached hydrogens (tertiary/aromatic N) is 2. The molecule has 0 aromatic carbocycles. The second-order valence-corrected chi connectivity index (χ2v) is 5.26. The van der Waals surface area contributed by atoms with E-state index in [2.05, 4.69) is 16.8 Å². The zero-order valence-electron chi connectivity index (χ0n) is 11.8. The predicted octanol–water partition coefficient (Wildman–Crippen LogP) is 0.643. The maximum absolute atomic E-state index is 12.6. The number of morpholine rings is 1. The Morgan fingerprint density at radius 2 is 2.40 bits per heavy atom. The van der Waals surface area contributed by atoms with Crippen LogP contribution in [0.1, 0.15) is 29.8 Å². The summed E-state index contributed by atoms with van der Waals surface area (Å²) in [7, 11) is 0. The zero-order valence-corrected chi connectivity index (χ0v) is 11.8. The molecule has 0 saturated carbocycles. The van der Waals surface area contributed by atoms with Gasteiger partial charge in [-0.3, -0.25) is 9.78 Å². The Balaban J connectivity index is 2.25. The highest BCUT2D eigenvalue weighted by molar-refractivity contribution is 5.96. The molecular formula is C15H19N3O2. The van der Waals surface area contributed by atoms with Crippen molar-refractivity contribution in [3.8, 4) is 11.8 Å². The minimum absolute atomic E-state index is 0.0369. The van der Waals surface area contributed by atoms with Gasteiger partial charge in [0.25, 0.3) is 5.91 Å². The SMILES string of the molecule is CC1(C)CN(C(=O)c2ccncc2C#CCN)CCO1. The van der Waals surface area contributed by atoms with Crippen molar-refractivity contribution >= 4 is 5.91 Å². The van der Waals surface area contributed by atoms with E-state index in [0.29, 0.717) is 30.8 Å². The summed E-state index contributed by atoms with van der Waals surface area (Å²) in [4.78, 5) is 18.4. The van der Waals surface area contributed by atoms with Crippen molar-refractivity contribution < 1.29 is 9.53 Å². The summed E-state index contributed by atoms with van der Waals surface area (Å²) < 4.78 is 5.63.